The molecule has 0 aliphatic heterocycles. The number of thiophene rings is 1. The highest BCUT2D eigenvalue weighted by Gasteiger charge is 2.25. The number of amides is 2. The van der Waals surface area contributed by atoms with Crippen LogP contribution >= 0.6 is 11.3 Å². The van der Waals surface area contributed by atoms with E-state index in [4.69, 9.17) is 4.74 Å². The molecule has 0 saturated carbocycles. The summed E-state index contributed by atoms with van der Waals surface area (Å²) in [7, 11) is 0. The zero-order valence-electron chi connectivity index (χ0n) is 15.9. The van der Waals surface area contributed by atoms with Crippen molar-refractivity contribution in [1.29, 1.82) is 0 Å². The van der Waals surface area contributed by atoms with Crippen LogP contribution in [0.2, 0.25) is 0 Å². The lowest BCUT2D eigenvalue weighted by Gasteiger charge is -2.14. The molecule has 1 aromatic carbocycles. The van der Waals surface area contributed by atoms with Crippen LogP contribution in [0, 0.1) is 6.92 Å². The van der Waals surface area contributed by atoms with Crippen molar-refractivity contribution in [3.63, 3.8) is 0 Å². The van der Waals surface area contributed by atoms with Crippen molar-refractivity contribution < 1.29 is 19.1 Å². The van der Waals surface area contributed by atoms with E-state index in [1.54, 1.807) is 38.1 Å². The maximum atomic E-state index is 12.5. The molecule has 1 aromatic heterocycles. The number of nitrogens with one attached hydrogen (secondary N) is 2. The summed E-state index contributed by atoms with van der Waals surface area (Å²) in [4.78, 5) is 38.1. The second-order valence-corrected chi connectivity index (χ2v) is 7.19. The number of hydrogen-bond donors (Lipinski definition) is 2. The van der Waals surface area contributed by atoms with E-state index in [1.807, 2.05) is 19.9 Å². The molecule has 1 unspecified atom stereocenters. The van der Waals surface area contributed by atoms with Gasteiger partial charge in [-0.3, -0.25) is 9.59 Å². The Morgan fingerprint density at radius 2 is 1.81 bits per heavy atom. The third-order valence-corrected chi connectivity index (χ3v) is 5.12. The van der Waals surface area contributed by atoms with Crippen molar-refractivity contribution in [2.45, 2.75) is 40.2 Å². The molecule has 2 N–H and O–H groups in total. The summed E-state index contributed by atoms with van der Waals surface area (Å²) in [5, 5.41) is 5.88. The minimum Gasteiger partial charge on any atom is -0.462 e. The van der Waals surface area contributed by atoms with Crippen LogP contribution in [0.5, 0.6) is 0 Å². The van der Waals surface area contributed by atoms with E-state index >= 15 is 0 Å². The zero-order valence-corrected chi connectivity index (χ0v) is 16.7. The lowest BCUT2D eigenvalue weighted by molar-refractivity contribution is -0.117. The summed E-state index contributed by atoms with van der Waals surface area (Å²) < 4.78 is 5.14. The molecule has 2 aromatic rings. The molecule has 0 bridgehead atoms. The minimum atomic E-state index is -0.764. The first-order chi connectivity index (χ1) is 12.9. The number of carbonyl (C=O) groups is 3. The van der Waals surface area contributed by atoms with Gasteiger partial charge < -0.3 is 15.4 Å². The predicted molar refractivity (Wildman–Crippen MR) is 106 cm³/mol. The summed E-state index contributed by atoms with van der Waals surface area (Å²) in [6.07, 6.45) is 0.659. The van der Waals surface area contributed by atoms with E-state index in [0.717, 1.165) is 10.4 Å². The number of hydrogen-bond acceptors (Lipinski definition) is 5. The van der Waals surface area contributed by atoms with Crippen molar-refractivity contribution >= 4 is 34.1 Å². The van der Waals surface area contributed by atoms with Gasteiger partial charge in [-0.05, 0) is 44.9 Å². The Hall–Kier alpha value is -2.67. The normalized spacial score (nSPS) is 11.6. The highest BCUT2D eigenvalue weighted by Crippen LogP contribution is 2.34. The molecule has 2 rings (SSSR count). The molecule has 0 aliphatic carbocycles. The van der Waals surface area contributed by atoms with Gasteiger partial charge in [0.1, 0.15) is 11.0 Å². The summed E-state index contributed by atoms with van der Waals surface area (Å²) in [5.74, 6) is -1.18. The van der Waals surface area contributed by atoms with Gasteiger partial charge in [0.15, 0.2) is 0 Å². The van der Waals surface area contributed by atoms with Gasteiger partial charge in [-0.1, -0.05) is 25.1 Å². The quantitative estimate of drug-likeness (QED) is 0.711. The van der Waals surface area contributed by atoms with E-state index < -0.39 is 17.9 Å². The molecule has 0 aliphatic rings. The van der Waals surface area contributed by atoms with Gasteiger partial charge in [-0.15, -0.1) is 11.3 Å². The molecule has 2 amide bonds. The van der Waals surface area contributed by atoms with Gasteiger partial charge in [0.2, 0.25) is 5.91 Å². The number of ether oxygens (including phenoxy) is 1. The Morgan fingerprint density at radius 1 is 1.15 bits per heavy atom. The molecule has 144 valence electrons. The molecular weight excluding hydrogens is 364 g/mol. The van der Waals surface area contributed by atoms with E-state index in [-0.39, 0.29) is 12.5 Å². The molecule has 6 nitrogen and oxygen atoms in total. The molecule has 0 spiro atoms. The van der Waals surface area contributed by atoms with Crippen LogP contribution in [0.1, 0.15) is 51.9 Å². The molecule has 1 heterocycles. The molecule has 0 fully saturated rings. The SMILES string of the molecule is CCOC(=O)c1c(NC(=O)C(C)NC(=O)c2ccccc2)sc(C)c1CC. The maximum Gasteiger partial charge on any atom is 0.341 e. The number of benzene rings is 1. The van der Waals surface area contributed by atoms with Crippen molar-refractivity contribution in [2.75, 3.05) is 11.9 Å². The summed E-state index contributed by atoms with van der Waals surface area (Å²) in [5.41, 5.74) is 1.75. The first-order valence-corrected chi connectivity index (χ1v) is 9.66. The standard InChI is InChI=1S/C20H24N2O4S/c1-5-15-13(4)27-19(16(15)20(25)26-6-2)22-17(23)12(3)21-18(24)14-10-8-7-9-11-14/h7-12H,5-6H2,1-4H3,(H,21,24)(H,22,23). The van der Waals surface area contributed by atoms with Gasteiger partial charge in [0.05, 0.1) is 12.2 Å². The van der Waals surface area contributed by atoms with E-state index in [2.05, 4.69) is 10.6 Å². The maximum absolute atomic E-state index is 12.5. The second kappa shape index (κ2) is 9.32. The minimum absolute atomic E-state index is 0.258. The molecular formula is C20H24N2O4S. The third kappa shape index (κ3) is 4.95. The number of esters is 1. The first-order valence-electron chi connectivity index (χ1n) is 8.85. The lowest BCUT2D eigenvalue weighted by atomic mass is 10.1. The highest BCUT2D eigenvalue weighted by molar-refractivity contribution is 7.16. The smallest absolute Gasteiger partial charge is 0.341 e. The highest BCUT2D eigenvalue weighted by atomic mass is 32.1. The Balaban J connectivity index is 2.15. The molecule has 1 atom stereocenters. The zero-order chi connectivity index (χ0) is 20.0. The van der Waals surface area contributed by atoms with Crippen molar-refractivity contribution in [2.24, 2.45) is 0 Å². The van der Waals surface area contributed by atoms with Crippen molar-refractivity contribution in [1.82, 2.24) is 5.32 Å². The van der Waals surface area contributed by atoms with Gasteiger partial charge in [-0.2, -0.15) is 0 Å². The molecule has 27 heavy (non-hydrogen) atoms. The summed E-state index contributed by atoms with van der Waals surface area (Å²) in [6, 6.07) is 7.91. The fourth-order valence-electron chi connectivity index (χ4n) is 2.67. The number of rotatable bonds is 7. The Morgan fingerprint density at radius 3 is 2.41 bits per heavy atom. The van der Waals surface area contributed by atoms with Crippen LogP contribution in [0.3, 0.4) is 0 Å². The molecule has 0 saturated heterocycles. The van der Waals surface area contributed by atoms with Crippen LogP contribution in [-0.4, -0.2) is 30.4 Å². The van der Waals surface area contributed by atoms with E-state index in [1.165, 1.54) is 11.3 Å². The Labute approximate surface area is 162 Å². The average molecular weight is 388 g/mol. The van der Waals surface area contributed by atoms with E-state index in [0.29, 0.717) is 22.5 Å². The predicted octanol–water partition coefficient (Wildman–Crippen LogP) is 3.55. The van der Waals surface area contributed by atoms with Gasteiger partial charge in [0, 0.05) is 10.4 Å². The number of anilines is 1. The number of carbonyl (C=O) groups excluding carboxylic acids is 3. The summed E-state index contributed by atoms with van der Waals surface area (Å²) in [6.45, 7) is 7.45. The van der Waals surface area contributed by atoms with Crippen LogP contribution in [0.25, 0.3) is 0 Å². The van der Waals surface area contributed by atoms with Crippen LogP contribution in [-0.2, 0) is 16.0 Å². The van der Waals surface area contributed by atoms with Gasteiger partial charge in [0.25, 0.3) is 5.91 Å². The second-order valence-electron chi connectivity index (χ2n) is 5.97. The Bertz CT molecular complexity index is 830. The van der Waals surface area contributed by atoms with Crippen LogP contribution < -0.4 is 10.6 Å². The van der Waals surface area contributed by atoms with Crippen LogP contribution in [0.15, 0.2) is 30.3 Å². The molecule has 7 heteroatoms. The summed E-state index contributed by atoms with van der Waals surface area (Å²) >= 11 is 1.34. The van der Waals surface area contributed by atoms with Gasteiger partial charge in [-0.25, -0.2) is 4.79 Å². The van der Waals surface area contributed by atoms with E-state index in [9.17, 15) is 14.4 Å². The van der Waals surface area contributed by atoms with Crippen molar-refractivity contribution in [3.8, 4) is 0 Å². The largest absolute Gasteiger partial charge is 0.462 e. The Kier molecular flexibility index (Phi) is 7.12. The lowest BCUT2D eigenvalue weighted by Crippen LogP contribution is -2.41. The fourth-order valence-corrected chi connectivity index (χ4v) is 3.80. The topological polar surface area (TPSA) is 84.5 Å². The average Bonchev–Trinajstić information content (AvgIpc) is 2.97. The van der Waals surface area contributed by atoms with Crippen LogP contribution in [0.4, 0.5) is 5.00 Å². The molecule has 0 radical (unpaired) electrons. The van der Waals surface area contributed by atoms with Crippen molar-refractivity contribution in [3.05, 3.63) is 51.9 Å². The third-order valence-electron chi connectivity index (χ3n) is 4.06. The number of aryl methyl sites for hydroxylation is 1. The first kappa shape index (κ1) is 20.6. The fraction of sp³-hybridized carbons (Fsp3) is 0.350. The monoisotopic (exact) mass is 388 g/mol. The van der Waals surface area contributed by atoms with Gasteiger partial charge >= 0.3 is 5.97 Å².